The Labute approximate surface area is 244 Å². The largest absolute Gasteiger partial charge is 0.462 e. The van der Waals surface area contributed by atoms with E-state index in [1.54, 1.807) is 0 Å². The number of aliphatic imine (C=N–C) groups is 2. The van der Waals surface area contributed by atoms with E-state index in [0.717, 1.165) is 82.9 Å². The number of likely N-dealkylation sites (N-methyl/N-ethyl adjacent to an activating group) is 1. The van der Waals surface area contributed by atoms with E-state index in [0.29, 0.717) is 18.7 Å². The molecule has 3 aliphatic rings. The predicted molar refractivity (Wildman–Crippen MR) is 167 cm³/mol. The molecule has 0 spiro atoms. The second kappa shape index (κ2) is 12.6. The third-order valence-corrected chi connectivity index (χ3v) is 8.94. The summed E-state index contributed by atoms with van der Waals surface area (Å²) < 4.78 is 6.34. The monoisotopic (exact) mass is 553 g/mol. The van der Waals surface area contributed by atoms with Crippen molar-refractivity contribution in [1.82, 2.24) is 14.9 Å². The lowest BCUT2D eigenvalue weighted by atomic mass is 9.99. The van der Waals surface area contributed by atoms with Gasteiger partial charge in [-0.15, -0.1) is 0 Å². The van der Waals surface area contributed by atoms with E-state index in [1.807, 2.05) is 0 Å². The van der Waals surface area contributed by atoms with Gasteiger partial charge in [-0.05, 0) is 76.1 Å². The van der Waals surface area contributed by atoms with Crippen LogP contribution in [0.4, 0.5) is 11.5 Å². The summed E-state index contributed by atoms with van der Waals surface area (Å²) in [5, 5.41) is 2.62. The number of hydrogen-bond donors (Lipinski definition) is 0. The van der Waals surface area contributed by atoms with Gasteiger partial charge < -0.3 is 19.4 Å². The first-order valence-electron chi connectivity index (χ1n) is 15.4. The molecule has 216 valence electrons. The molecule has 0 unspecified atom stereocenters. The quantitative estimate of drug-likeness (QED) is 0.342. The van der Waals surface area contributed by atoms with E-state index in [-0.39, 0.29) is 6.04 Å². The Balaban J connectivity index is 1.27. The molecule has 2 fully saturated rings. The molecule has 1 aromatic heterocycles. The van der Waals surface area contributed by atoms with E-state index < -0.39 is 0 Å². The van der Waals surface area contributed by atoms with Crippen molar-refractivity contribution in [2.45, 2.75) is 71.0 Å². The lowest BCUT2D eigenvalue weighted by molar-refractivity contribution is 0.187. The van der Waals surface area contributed by atoms with E-state index in [2.05, 4.69) is 88.0 Å². The molecule has 3 aliphatic heterocycles. The second-order valence-electron chi connectivity index (χ2n) is 11.8. The smallest absolute Gasteiger partial charge is 0.318 e. The third kappa shape index (κ3) is 6.09. The number of nitrogens with zero attached hydrogens (tertiary/aromatic N) is 7. The summed E-state index contributed by atoms with van der Waals surface area (Å²) in [6.45, 7) is 10.4. The van der Waals surface area contributed by atoms with E-state index >= 15 is 0 Å². The first-order valence-corrected chi connectivity index (χ1v) is 15.4. The van der Waals surface area contributed by atoms with E-state index in [4.69, 9.17) is 14.7 Å². The molecule has 0 saturated carbocycles. The van der Waals surface area contributed by atoms with Crippen molar-refractivity contribution in [2.75, 3.05) is 56.2 Å². The van der Waals surface area contributed by atoms with Crippen LogP contribution in [-0.2, 0) is 13.0 Å². The predicted octanol–water partition coefficient (Wildman–Crippen LogP) is 5.53. The topological polar surface area (TPSA) is 69.5 Å². The number of ether oxygens (including phenoxy) is 1. The highest BCUT2D eigenvalue weighted by atomic mass is 16.5. The zero-order valence-electron chi connectivity index (χ0n) is 24.8. The highest BCUT2D eigenvalue weighted by Crippen LogP contribution is 2.36. The molecule has 41 heavy (non-hydrogen) atoms. The van der Waals surface area contributed by atoms with E-state index in [9.17, 15) is 0 Å². The number of fused-ring (bicyclic) bond motifs is 2. The fourth-order valence-corrected chi connectivity index (χ4v) is 6.54. The molecule has 3 aromatic rings. The van der Waals surface area contributed by atoms with Crippen molar-refractivity contribution in [1.29, 1.82) is 0 Å². The zero-order chi connectivity index (χ0) is 28.2. The van der Waals surface area contributed by atoms with Crippen LogP contribution < -0.4 is 14.5 Å². The summed E-state index contributed by atoms with van der Waals surface area (Å²) in [7, 11) is 2.18. The van der Waals surface area contributed by atoms with Crippen LogP contribution in [0.3, 0.4) is 0 Å². The van der Waals surface area contributed by atoms with Gasteiger partial charge in [0.05, 0.1) is 24.3 Å². The van der Waals surface area contributed by atoms with Crippen LogP contribution in [0.5, 0.6) is 6.01 Å². The molecule has 4 heterocycles. The third-order valence-electron chi connectivity index (χ3n) is 8.94. The Morgan fingerprint density at radius 1 is 1.00 bits per heavy atom. The van der Waals surface area contributed by atoms with Gasteiger partial charge in [-0.1, -0.05) is 37.3 Å². The summed E-state index contributed by atoms with van der Waals surface area (Å²) in [5.41, 5.74) is 4.95. The lowest BCUT2D eigenvalue weighted by Crippen LogP contribution is -2.39. The molecule has 1 atom stereocenters. The molecule has 0 N–H and O–H groups in total. The number of benzene rings is 2. The summed E-state index contributed by atoms with van der Waals surface area (Å²) >= 11 is 0. The number of rotatable bonds is 8. The summed E-state index contributed by atoms with van der Waals surface area (Å²) in [6, 6.07) is 17.3. The zero-order valence-corrected chi connectivity index (χ0v) is 24.8. The average molecular weight is 554 g/mol. The average Bonchev–Trinajstić information content (AvgIpc) is 3.42. The molecule has 8 heteroatoms. The van der Waals surface area contributed by atoms with Gasteiger partial charge in [-0.2, -0.15) is 9.97 Å². The van der Waals surface area contributed by atoms with Gasteiger partial charge in [0.2, 0.25) is 0 Å². The Morgan fingerprint density at radius 3 is 2.61 bits per heavy atom. The maximum Gasteiger partial charge on any atom is 0.318 e. The van der Waals surface area contributed by atoms with Crippen LogP contribution >= 0.6 is 0 Å². The number of aromatic nitrogens is 2. The summed E-state index contributed by atoms with van der Waals surface area (Å²) in [5.74, 6) is 1.06. The fourth-order valence-electron chi connectivity index (χ4n) is 6.54. The number of aryl methyl sites for hydroxylation is 1. The molecule has 6 rings (SSSR count). The van der Waals surface area contributed by atoms with Gasteiger partial charge in [-0.25, -0.2) is 9.98 Å². The van der Waals surface area contributed by atoms with Gasteiger partial charge in [0.25, 0.3) is 0 Å². The highest BCUT2D eigenvalue weighted by molar-refractivity contribution is 5.97. The van der Waals surface area contributed by atoms with Crippen molar-refractivity contribution in [3.8, 4) is 6.01 Å². The minimum atomic E-state index is 0.281. The van der Waals surface area contributed by atoms with Gasteiger partial charge in [0.15, 0.2) is 0 Å². The molecule has 2 aromatic carbocycles. The van der Waals surface area contributed by atoms with Crippen molar-refractivity contribution in [2.24, 2.45) is 9.98 Å². The Morgan fingerprint density at radius 2 is 1.83 bits per heavy atom. The van der Waals surface area contributed by atoms with Crippen LogP contribution in [0.25, 0.3) is 10.8 Å². The van der Waals surface area contributed by atoms with Crippen molar-refractivity contribution in [3.05, 3.63) is 53.2 Å². The minimum absolute atomic E-state index is 0.281. The van der Waals surface area contributed by atoms with Gasteiger partial charge >= 0.3 is 6.01 Å². The van der Waals surface area contributed by atoms with Gasteiger partial charge in [-0.3, -0.25) is 0 Å². The van der Waals surface area contributed by atoms with Crippen molar-refractivity contribution in [3.63, 3.8) is 0 Å². The number of piperidine rings is 1. The number of hydrogen-bond acceptors (Lipinski definition) is 8. The molecule has 0 radical (unpaired) electrons. The lowest BCUT2D eigenvalue weighted by Gasteiger charge is -2.36. The highest BCUT2D eigenvalue weighted by Gasteiger charge is 2.29. The molecular weight excluding hydrogens is 510 g/mol. The molecule has 0 amide bonds. The first kappa shape index (κ1) is 27.7. The maximum atomic E-state index is 6.34. The summed E-state index contributed by atoms with van der Waals surface area (Å²) in [4.78, 5) is 26.3. The number of anilines is 2. The summed E-state index contributed by atoms with van der Waals surface area (Å²) in [6.07, 6.45) is 6.30. The molecule has 0 bridgehead atoms. The van der Waals surface area contributed by atoms with Crippen LogP contribution in [0.1, 0.15) is 55.8 Å². The van der Waals surface area contributed by atoms with Crippen molar-refractivity contribution < 1.29 is 4.74 Å². The van der Waals surface area contributed by atoms with Crippen molar-refractivity contribution >= 4 is 28.3 Å². The van der Waals surface area contributed by atoms with Crippen LogP contribution in [0, 0.1) is 6.92 Å². The Hall–Kier alpha value is -3.48. The van der Waals surface area contributed by atoms with E-state index in [1.165, 1.54) is 34.0 Å². The van der Waals surface area contributed by atoms with Gasteiger partial charge in [0.1, 0.15) is 12.4 Å². The first-order chi connectivity index (χ1) is 20.1. The minimum Gasteiger partial charge on any atom is -0.462 e. The number of likely N-dealkylation sites (tertiary alicyclic amines) is 1. The fraction of sp³-hybridized carbons (Fsp3) is 0.545. The standard InChI is InChI=1S/C33H43N7O/c1-4-16-34-23-35-26-13-18-39(19-14-26)32-28-15-20-40(30-12-6-10-25-9-5-8-24(2)31(25)30)21-29(28)36-33(37-32)41-22-27-11-7-17-38(27)3/h5-6,8-10,12,26-27H,4,7,11,13-22H2,1-3H3/t27-/m0/s1. The second-order valence-corrected chi connectivity index (χ2v) is 11.8. The molecular formula is C33H43N7O. The van der Waals surface area contributed by atoms with Crippen LogP contribution in [0.15, 0.2) is 46.4 Å². The molecule has 0 aliphatic carbocycles. The SMILES string of the molecule is CCCN=C=NC1CCN(c2nc(OC[C@@H]3CCCN3C)nc3c2CCN(c2cccc4cccc(C)c24)C3)CC1. The molecule has 8 nitrogen and oxygen atoms in total. The van der Waals surface area contributed by atoms with Crippen LogP contribution in [0.2, 0.25) is 0 Å². The molecule has 2 saturated heterocycles. The maximum absolute atomic E-state index is 6.34. The van der Waals surface area contributed by atoms with Crippen LogP contribution in [-0.4, -0.2) is 79.3 Å². The van der Waals surface area contributed by atoms with Gasteiger partial charge in [0, 0.05) is 48.9 Å². The Kier molecular flexibility index (Phi) is 8.49. The normalized spacial score (nSPS) is 19.7. The Bertz CT molecular complexity index is 1420.